The van der Waals surface area contributed by atoms with Crippen LogP contribution in [0.15, 0.2) is 54.7 Å². The smallest absolute Gasteiger partial charge is 0.0651 e. The number of hydrogen-bond acceptors (Lipinski definition) is 3. The number of anilines is 1. The lowest BCUT2D eigenvalue weighted by Crippen LogP contribution is -2.37. The first-order chi connectivity index (χ1) is 12.4. The highest BCUT2D eigenvalue weighted by molar-refractivity contribution is 5.81. The van der Waals surface area contributed by atoms with Crippen molar-refractivity contribution in [2.75, 3.05) is 11.9 Å². The zero-order chi connectivity index (χ0) is 16.9. The van der Waals surface area contributed by atoms with Crippen molar-refractivity contribution in [1.82, 2.24) is 15.5 Å². The van der Waals surface area contributed by atoms with Crippen molar-refractivity contribution in [2.24, 2.45) is 0 Å². The summed E-state index contributed by atoms with van der Waals surface area (Å²) in [6.07, 6.45) is 7.96. The molecule has 1 aliphatic carbocycles. The lowest BCUT2D eigenvalue weighted by Gasteiger charge is -2.30. The maximum Gasteiger partial charge on any atom is 0.0651 e. The molecule has 1 aromatic heterocycles. The van der Waals surface area contributed by atoms with E-state index in [1.807, 2.05) is 6.20 Å². The van der Waals surface area contributed by atoms with Crippen LogP contribution in [0, 0.1) is 0 Å². The van der Waals surface area contributed by atoms with E-state index < -0.39 is 0 Å². The van der Waals surface area contributed by atoms with Gasteiger partial charge in [-0.2, -0.15) is 5.10 Å². The first-order valence-electron chi connectivity index (χ1n) is 9.34. The van der Waals surface area contributed by atoms with E-state index in [2.05, 4.69) is 69.4 Å². The molecule has 130 valence electrons. The Labute approximate surface area is 149 Å². The number of rotatable bonds is 6. The standard InChI is InChI=1S/C21H26N4/c1-2-4-16(5-3-1)12-13-22-18-6-8-19(9-7-18)24-20-10-11-21-17(14-20)15-23-25-21/h1-5,10-11,14-15,18-19,22,24H,6-9,12-13H2,(H,23,25)/t18-,19+. The van der Waals surface area contributed by atoms with Crippen LogP contribution >= 0.6 is 0 Å². The average molecular weight is 334 g/mol. The van der Waals surface area contributed by atoms with Gasteiger partial charge in [-0.05, 0) is 62.4 Å². The first-order valence-corrected chi connectivity index (χ1v) is 9.34. The van der Waals surface area contributed by atoms with Crippen molar-refractivity contribution in [3.8, 4) is 0 Å². The summed E-state index contributed by atoms with van der Waals surface area (Å²) in [5.41, 5.74) is 3.71. The molecule has 3 aromatic rings. The summed E-state index contributed by atoms with van der Waals surface area (Å²) in [4.78, 5) is 0. The molecule has 3 N–H and O–H groups in total. The van der Waals surface area contributed by atoms with Crippen molar-refractivity contribution in [2.45, 2.75) is 44.2 Å². The maximum absolute atomic E-state index is 4.09. The first kappa shape index (κ1) is 16.2. The molecule has 4 heteroatoms. The van der Waals surface area contributed by atoms with Crippen LogP contribution in [0.1, 0.15) is 31.2 Å². The fourth-order valence-electron chi connectivity index (χ4n) is 3.78. The summed E-state index contributed by atoms with van der Waals surface area (Å²) in [6, 6.07) is 18.4. The molecule has 4 rings (SSSR count). The monoisotopic (exact) mass is 334 g/mol. The molecule has 1 fully saturated rings. The van der Waals surface area contributed by atoms with Gasteiger partial charge in [0.05, 0.1) is 11.7 Å². The summed E-state index contributed by atoms with van der Waals surface area (Å²) in [6.45, 7) is 1.07. The summed E-state index contributed by atoms with van der Waals surface area (Å²) in [5, 5.41) is 15.7. The second-order valence-corrected chi connectivity index (χ2v) is 7.05. The predicted octanol–water partition coefficient (Wildman–Crippen LogP) is 4.12. The fourth-order valence-corrected chi connectivity index (χ4v) is 3.78. The Balaban J connectivity index is 1.21. The summed E-state index contributed by atoms with van der Waals surface area (Å²) < 4.78 is 0. The van der Waals surface area contributed by atoms with Gasteiger partial charge in [-0.15, -0.1) is 0 Å². The fraction of sp³-hybridized carbons (Fsp3) is 0.381. The van der Waals surface area contributed by atoms with E-state index in [9.17, 15) is 0 Å². The van der Waals surface area contributed by atoms with Crippen LogP contribution < -0.4 is 10.6 Å². The van der Waals surface area contributed by atoms with Crippen molar-refractivity contribution < 1.29 is 0 Å². The minimum atomic E-state index is 0.580. The summed E-state index contributed by atoms with van der Waals surface area (Å²) in [5.74, 6) is 0. The van der Waals surface area contributed by atoms with Crippen molar-refractivity contribution in [3.63, 3.8) is 0 Å². The predicted molar refractivity (Wildman–Crippen MR) is 104 cm³/mol. The number of hydrogen-bond donors (Lipinski definition) is 3. The van der Waals surface area contributed by atoms with E-state index in [-0.39, 0.29) is 0 Å². The van der Waals surface area contributed by atoms with Crippen molar-refractivity contribution in [1.29, 1.82) is 0 Å². The van der Waals surface area contributed by atoms with Crippen LogP contribution in [-0.2, 0) is 6.42 Å². The van der Waals surface area contributed by atoms with Gasteiger partial charge in [0.2, 0.25) is 0 Å². The molecular weight excluding hydrogens is 308 g/mol. The van der Waals surface area contributed by atoms with Gasteiger partial charge in [0, 0.05) is 23.2 Å². The summed E-state index contributed by atoms with van der Waals surface area (Å²) >= 11 is 0. The zero-order valence-corrected chi connectivity index (χ0v) is 14.5. The molecule has 0 unspecified atom stereocenters. The molecule has 0 saturated heterocycles. The quantitative estimate of drug-likeness (QED) is 0.635. The van der Waals surface area contributed by atoms with Gasteiger partial charge in [-0.3, -0.25) is 5.10 Å². The Bertz CT molecular complexity index is 788. The molecule has 0 aliphatic heterocycles. The largest absolute Gasteiger partial charge is 0.382 e. The Kier molecular flexibility index (Phi) is 4.98. The molecular formula is C21H26N4. The number of benzene rings is 2. The molecule has 1 heterocycles. The molecule has 25 heavy (non-hydrogen) atoms. The highest BCUT2D eigenvalue weighted by Gasteiger charge is 2.20. The third-order valence-electron chi connectivity index (χ3n) is 5.23. The van der Waals surface area contributed by atoms with Gasteiger partial charge in [-0.1, -0.05) is 30.3 Å². The molecule has 1 saturated carbocycles. The van der Waals surface area contributed by atoms with E-state index in [0.717, 1.165) is 18.5 Å². The van der Waals surface area contributed by atoms with E-state index >= 15 is 0 Å². The second kappa shape index (κ2) is 7.70. The van der Waals surface area contributed by atoms with Crippen LogP contribution in [0.5, 0.6) is 0 Å². The van der Waals surface area contributed by atoms with Crippen LogP contribution in [0.3, 0.4) is 0 Å². The molecule has 0 spiro atoms. The average Bonchev–Trinajstić information content (AvgIpc) is 3.12. The number of nitrogens with one attached hydrogen (secondary N) is 3. The molecule has 0 amide bonds. The third kappa shape index (κ3) is 4.20. The van der Waals surface area contributed by atoms with E-state index in [1.165, 1.54) is 42.3 Å². The van der Waals surface area contributed by atoms with Crippen LogP contribution in [-0.4, -0.2) is 28.8 Å². The number of H-pyrrole nitrogens is 1. The highest BCUT2D eigenvalue weighted by atomic mass is 15.1. The van der Waals surface area contributed by atoms with E-state index in [0.29, 0.717) is 12.1 Å². The molecule has 0 radical (unpaired) electrons. The van der Waals surface area contributed by atoms with E-state index in [4.69, 9.17) is 0 Å². The molecule has 2 aromatic carbocycles. The zero-order valence-electron chi connectivity index (χ0n) is 14.5. The van der Waals surface area contributed by atoms with Crippen molar-refractivity contribution in [3.05, 3.63) is 60.3 Å². The molecule has 4 nitrogen and oxygen atoms in total. The van der Waals surface area contributed by atoms with Crippen LogP contribution in [0.4, 0.5) is 5.69 Å². The lowest BCUT2D eigenvalue weighted by atomic mass is 9.91. The second-order valence-electron chi connectivity index (χ2n) is 7.05. The highest BCUT2D eigenvalue weighted by Crippen LogP contribution is 2.24. The third-order valence-corrected chi connectivity index (χ3v) is 5.23. The molecule has 0 atom stereocenters. The van der Waals surface area contributed by atoms with Gasteiger partial charge >= 0.3 is 0 Å². The van der Waals surface area contributed by atoms with Crippen LogP contribution in [0.25, 0.3) is 10.9 Å². The van der Waals surface area contributed by atoms with Gasteiger partial charge in [0.25, 0.3) is 0 Å². The summed E-state index contributed by atoms with van der Waals surface area (Å²) in [7, 11) is 0. The number of fused-ring (bicyclic) bond motifs is 1. The van der Waals surface area contributed by atoms with E-state index in [1.54, 1.807) is 0 Å². The lowest BCUT2D eigenvalue weighted by molar-refractivity contribution is 0.356. The number of aromatic nitrogens is 2. The Morgan fingerprint density at radius 2 is 1.76 bits per heavy atom. The van der Waals surface area contributed by atoms with Crippen LogP contribution in [0.2, 0.25) is 0 Å². The number of aromatic amines is 1. The van der Waals surface area contributed by atoms with Gasteiger partial charge < -0.3 is 10.6 Å². The van der Waals surface area contributed by atoms with Crippen molar-refractivity contribution >= 4 is 16.6 Å². The maximum atomic E-state index is 4.09. The molecule has 1 aliphatic rings. The normalized spacial score (nSPS) is 20.6. The SMILES string of the molecule is c1ccc(CCN[C@H]2CC[C@@H](Nc3ccc4[nH]ncc4c3)CC2)cc1. The minimum absolute atomic E-state index is 0.580. The van der Waals surface area contributed by atoms with Gasteiger partial charge in [0.1, 0.15) is 0 Å². The number of nitrogens with zero attached hydrogens (tertiary/aromatic N) is 1. The Morgan fingerprint density at radius 1 is 0.960 bits per heavy atom. The Morgan fingerprint density at radius 3 is 2.60 bits per heavy atom. The topological polar surface area (TPSA) is 52.7 Å². The molecule has 0 bridgehead atoms. The minimum Gasteiger partial charge on any atom is -0.382 e. The van der Waals surface area contributed by atoms with Gasteiger partial charge in [0.15, 0.2) is 0 Å². The van der Waals surface area contributed by atoms with Gasteiger partial charge in [-0.25, -0.2) is 0 Å². The Hall–Kier alpha value is -2.33.